The SMILES string of the molecule is COCC(C)NC(=NCc1nnc(C)n1C)NC(C)c1ccccc1. The van der Waals surface area contributed by atoms with Gasteiger partial charge in [-0.1, -0.05) is 30.3 Å². The Morgan fingerprint density at radius 2 is 1.92 bits per heavy atom. The van der Waals surface area contributed by atoms with Gasteiger partial charge in [0.2, 0.25) is 0 Å². The summed E-state index contributed by atoms with van der Waals surface area (Å²) in [5, 5.41) is 15.1. The van der Waals surface area contributed by atoms with Crippen molar-refractivity contribution in [3.8, 4) is 0 Å². The summed E-state index contributed by atoms with van der Waals surface area (Å²) < 4.78 is 7.15. The van der Waals surface area contributed by atoms with Gasteiger partial charge in [-0.2, -0.15) is 0 Å². The van der Waals surface area contributed by atoms with Gasteiger partial charge in [-0.3, -0.25) is 0 Å². The van der Waals surface area contributed by atoms with E-state index in [-0.39, 0.29) is 12.1 Å². The summed E-state index contributed by atoms with van der Waals surface area (Å²) in [4.78, 5) is 4.67. The minimum atomic E-state index is 0.128. The molecule has 136 valence electrons. The molecule has 0 radical (unpaired) electrons. The van der Waals surface area contributed by atoms with Crippen molar-refractivity contribution in [3.05, 3.63) is 47.5 Å². The number of aryl methyl sites for hydroxylation is 1. The van der Waals surface area contributed by atoms with Crippen molar-refractivity contribution < 1.29 is 4.74 Å². The summed E-state index contributed by atoms with van der Waals surface area (Å²) in [6.45, 7) is 7.15. The third kappa shape index (κ3) is 5.56. The molecule has 0 aliphatic rings. The molecule has 0 amide bonds. The number of aliphatic imine (C=N–C) groups is 1. The molecule has 2 rings (SSSR count). The van der Waals surface area contributed by atoms with Gasteiger partial charge in [0.15, 0.2) is 11.8 Å². The van der Waals surface area contributed by atoms with Gasteiger partial charge in [-0.25, -0.2) is 4.99 Å². The molecule has 2 atom stereocenters. The number of ether oxygens (including phenoxy) is 1. The minimum Gasteiger partial charge on any atom is -0.383 e. The smallest absolute Gasteiger partial charge is 0.192 e. The van der Waals surface area contributed by atoms with Crippen LogP contribution in [0.2, 0.25) is 0 Å². The Bertz CT molecular complexity index is 682. The number of nitrogens with one attached hydrogen (secondary N) is 2. The Morgan fingerprint density at radius 3 is 2.52 bits per heavy atom. The first-order valence-corrected chi connectivity index (χ1v) is 8.47. The molecule has 1 aromatic carbocycles. The molecule has 7 nitrogen and oxygen atoms in total. The Morgan fingerprint density at radius 1 is 1.20 bits per heavy atom. The lowest BCUT2D eigenvalue weighted by Crippen LogP contribution is -2.44. The van der Waals surface area contributed by atoms with Gasteiger partial charge in [-0.05, 0) is 26.3 Å². The number of rotatable bonds is 7. The van der Waals surface area contributed by atoms with Crippen LogP contribution in [0, 0.1) is 6.92 Å². The van der Waals surface area contributed by atoms with Crippen LogP contribution in [0.5, 0.6) is 0 Å². The Balaban J connectivity index is 2.11. The molecule has 2 N–H and O–H groups in total. The second kappa shape index (κ2) is 9.17. The van der Waals surface area contributed by atoms with Gasteiger partial charge < -0.3 is 19.9 Å². The van der Waals surface area contributed by atoms with Crippen molar-refractivity contribution in [2.75, 3.05) is 13.7 Å². The third-order valence-corrected chi connectivity index (χ3v) is 4.01. The topological polar surface area (TPSA) is 76.4 Å². The van der Waals surface area contributed by atoms with Crippen LogP contribution in [-0.2, 0) is 18.3 Å². The zero-order chi connectivity index (χ0) is 18.2. The normalized spacial score (nSPS) is 14.2. The maximum Gasteiger partial charge on any atom is 0.192 e. The second-order valence-corrected chi connectivity index (χ2v) is 6.16. The van der Waals surface area contributed by atoms with Crippen LogP contribution in [0.4, 0.5) is 0 Å². The molecule has 0 aliphatic heterocycles. The third-order valence-electron chi connectivity index (χ3n) is 4.01. The molecule has 2 unspecified atom stereocenters. The number of methoxy groups -OCH3 is 1. The molecule has 1 heterocycles. The zero-order valence-electron chi connectivity index (χ0n) is 15.7. The maximum atomic E-state index is 5.21. The average molecular weight is 344 g/mol. The quantitative estimate of drug-likeness (QED) is 0.593. The van der Waals surface area contributed by atoms with E-state index in [9.17, 15) is 0 Å². The number of benzene rings is 1. The number of aromatic nitrogens is 3. The first kappa shape index (κ1) is 18.9. The molecular weight excluding hydrogens is 316 g/mol. The highest BCUT2D eigenvalue weighted by atomic mass is 16.5. The van der Waals surface area contributed by atoms with Crippen molar-refractivity contribution >= 4 is 5.96 Å². The first-order valence-electron chi connectivity index (χ1n) is 8.47. The first-order chi connectivity index (χ1) is 12.0. The van der Waals surface area contributed by atoms with Crippen LogP contribution >= 0.6 is 0 Å². The van der Waals surface area contributed by atoms with Crippen LogP contribution in [0.1, 0.15) is 37.1 Å². The van der Waals surface area contributed by atoms with Gasteiger partial charge in [0, 0.05) is 20.2 Å². The van der Waals surface area contributed by atoms with E-state index in [2.05, 4.69) is 51.8 Å². The van der Waals surface area contributed by atoms with Gasteiger partial charge in [0.1, 0.15) is 12.4 Å². The van der Waals surface area contributed by atoms with Crippen molar-refractivity contribution in [1.29, 1.82) is 0 Å². The molecule has 0 aliphatic carbocycles. The summed E-state index contributed by atoms with van der Waals surface area (Å²) in [7, 11) is 3.64. The fraction of sp³-hybridized carbons (Fsp3) is 0.500. The molecule has 0 saturated heterocycles. The summed E-state index contributed by atoms with van der Waals surface area (Å²) in [6, 6.07) is 10.5. The van der Waals surface area contributed by atoms with E-state index in [1.165, 1.54) is 5.56 Å². The van der Waals surface area contributed by atoms with E-state index in [0.717, 1.165) is 17.6 Å². The van der Waals surface area contributed by atoms with Gasteiger partial charge in [-0.15, -0.1) is 10.2 Å². The largest absolute Gasteiger partial charge is 0.383 e. The lowest BCUT2D eigenvalue weighted by Gasteiger charge is -2.21. The predicted octanol–water partition coefficient (Wildman–Crippen LogP) is 1.95. The van der Waals surface area contributed by atoms with Gasteiger partial charge in [0.25, 0.3) is 0 Å². The van der Waals surface area contributed by atoms with E-state index >= 15 is 0 Å². The van der Waals surface area contributed by atoms with E-state index < -0.39 is 0 Å². The van der Waals surface area contributed by atoms with Crippen LogP contribution in [-0.4, -0.2) is 40.5 Å². The Labute approximate surface area is 149 Å². The average Bonchev–Trinajstić information content (AvgIpc) is 2.92. The molecule has 0 fully saturated rings. The predicted molar refractivity (Wildman–Crippen MR) is 99.3 cm³/mol. The summed E-state index contributed by atoms with van der Waals surface area (Å²) >= 11 is 0. The van der Waals surface area contributed by atoms with Crippen LogP contribution in [0.25, 0.3) is 0 Å². The van der Waals surface area contributed by atoms with Gasteiger partial charge in [0.05, 0.1) is 12.6 Å². The van der Waals surface area contributed by atoms with Crippen molar-refractivity contribution in [1.82, 2.24) is 25.4 Å². The fourth-order valence-corrected chi connectivity index (χ4v) is 2.43. The Hall–Kier alpha value is -2.41. The molecule has 0 saturated carbocycles. The van der Waals surface area contributed by atoms with Crippen molar-refractivity contribution in [2.45, 2.75) is 39.4 Å². The van der Waals surface area contributed by atoms with E-state index in [1.807, 2.05) is 36.7 Å². The highest BCUT2D eigenvalue weighted by Gasteiger charge is 2.11. The zero-order valence-corrected chi connectivity index (χ0v) is 15.7. The number of nitrogens with zero attached hydrogens (tertiary/aromatic N) is 4. The van der Waals surface area contributed by atoms with E-state index in [0.29, 0.717) is 13.2 Å². The Kier molecular flexibility index (Phi) is 6.94. The van der Waals surface area contributed by atoms with Crippen LogP contribution in [0.3, 0.4) is 0 Å². The highest BCUT2D eigenvalue weighted by Crippen LogP contribution is 2.11. The molecule has 1 aromatic heterocycles. The summed E-state index contributed by atoms with van der Waals surface area (Å²) in [6.07, 6.45) is 0. The molecular formula is C18H28N6O. The molecule has 25 heavy (non-hydrogen) atoms. The van der Waals surface area contributed by atoms with Crippen molar-refractivity contribution in [3.63, 3.8) is 0 Å². The van der Waals surface area contributed by atoms with E-state index in [1.54, 1.807) is 7.11 Å². The minimum absolute atomic E-state index is 0.128. The van der Waals surface area contributed by atoms with E-state index in [4.69, 9.17) is 4.74 Å². The van der Waals surface area contributed by atoms with Crippen LogP contribution < -0.4 is 10.6 Å². The number of guanidine groups is 1. The van der Waals surface area contributed by atoms with Crippen LogP contribution in [0.15, 0.2) is 35.3 Å². The maximum absolute atomic E-state index is 5.21. The lowest BCUT2D eigenvalue weighted by atomic mass is 10.1. The number of hydrogen-bond donors (Lipinski definition) is 2. The molecule has 0 bridgehead atoms. The summed E-state index contributed by atoms with van der Waals surface area (Å²) in [5.41, 5.74) is 1.20. The number of hydrogen-bond acceptors (Lipinski definition) is 4. The second-order valence-electron chi connectivity index (χ2n) is 6.16. The highest BCUT2D eigenvalue weighted by molar-refractivity contribution is 5.80. The standard InChI is InChI=1S/C18H28N6O/c1-13(12-25-5)20-18(19-11-17-23-22-15(3)24(17)4)21-14(2)16-9-7-6-8-10-16/h6-10,13-14H,11-12H2,1-5H3,(H2,19,20,21). The molecule has 0 spiro atoms. The molecule has 2 aromatic rings. The summed E-state index contributed by atoms with van der Waals surface area (Å²) in [5.74, 6) is 2.42. The molecule has 7 heteroatoms. The fourth-order valence-electron chi connectivity index (χ4n) is 2.43. The van der Waals surface area contributed by atoms with Crippen molar-refractivity contribution in [2.24, 2.45) is 12.0 Å². The monoisotopic (exact) mass is 344 g/mol. The lowest BCUT2D eigenvalue weighted by molar-refractivity contribution is 0.179. The van der Waals surface area contributed by atoms with Gasteiger partial charge >= 0.3 is 0 Å².